The normalized spacial score (nSPS) is 19.3. The van der Waals surface area contributed by atoms with E-state index < -0.39 is 5.60 Å². The van der Waals surface area contributed by atoms with Crippen molar-refractivity contribution >= 4 is 23.3 Å². The molecule has 1 spiro atoms. The van der Waals surface area contributed by atoms with E-state index in [4.69, 9.17) is 10.5 Å². The highest BCUT2D eigenvalue weighted by molar-refractivity contribution is 5.70. The van der Waals surface area contributed by atoms with E-state index in [1.165, 1.54) is 5.57 Å². The summed E-state index contributed by atoms with van der Waals surface area (Å²) in [7, 11) is 0. The fourth-order valence-electron chi connectivity index (χ4n) is 3.85. The third-order valence-corrected chi connectivity index (χ3v) is 5.12. The summed E-state index contributed by atoms with van der Waals surface area (Å²) in [6, 6.07) is 5.94. The Morgan fingerprint density at radius 2 is 2.08 bits per heavy atom. The Hall–Kier alpha value is -2.57. The van der Waals surface area contributed by atoms with Crippen LogP contribution in [0.15, 0.2) is 24.3 Å². The number of nitrogens with zero attached hydrogens (tertiary/aromatic N) is 4. The number of ether oxygens (including phenoxy) is 1. The molecule has 0 unspecified atom stereocenters. The molecular formula is C19H25N5O2. The molecule has 4 rings (SSSR count). The summed E-state index contributed by atoms with van der Waals surface area (Å²) in [5.74, 6) is 0.289. The Morgan fingerprint density at radius 3 is 2.73 bits per heavy atom. The van der Waals surface area contributed by atoms with Crippen LogP contribution in [-0.2, 0) is 4.74 Å². The zero-order valence-corrected chi connectivity index (χ0v) is 15.5. The Balaban J connectivity index is 1.45. The molecule has 2 aliphatic rings. The smallest absolute Gasteiger partial charge is 0.410 e. The van der Waals surface area contributed by atoms with Crippen molar-refractivity contribution in [2.75, 3.05) is 18.8 Å². The highest BCUT2D eigenvalue weighted by Crippen LogP contribution is 2.45. The number of anilines is 1. The maximum atomic E-state index is 12.2. The summed E-state index contributed by atoms with van der Waals surface area (Å²) in [5.41, 5.74) is 8.56. The number of hydrogen-bond acceptors (Lipinski definition) is 5. The number of nitrogens with two attached hydrogens (primary N) is 1. The van der Waals surface area contributed by atoms with Gasteiger partial charge >= 0.3 is 6.09 Å². The van der Waals surface area contributed by atoms with Crippen molar-refractivity contribution < 1.29 is 9.53 Å². The number of amides is 1. The van der Waals surface area contributed by atoms with Gasteiger partial charge < -0.3 is 15.4 Å². The van der Waals surface area contributed by atoms with Crippen LogP contribution in [0.25, 0.3) is 11.2 Å². The maximum Gasteiger partial charge on any atom is 0.410 e. The van der Waals surface area contributed by atoms with Crippen LogP contribution in [0.3, 0.4) is 0 Å². The van der Waals surface area contributed by atoms with Crippen molar-refractivity contribution in [2.24, 2.45) is 5.41 Å². The number of fused-ring (bicyclic) bond motifs is 1. The third kappa shape index (κ3) is 3.02. The molecular weight excluding hydrogens is 330 g/mol. The molecule has 2 aromatic rings. The van der Waals surface area contributed by atoms with Crippen LogP contribution in [0.5, 0.6) is 0 Å². The van der Waals surface area contributed by atoms with Crippen LogP contribution < -0.4 is 5.73 Å². The van der Waals surface area contributed by atoms with Crippen molar-refractivity contribution in [1.82, 2.24) is 19.5 Å². The molecule has 26 heavy (non-hydrogen) atoms. The molecule has 2 N–H and O–H groups in total. The van der Waals surface area contributed by atoms with Crippen molar-refractivity contribution in [3.05, 3.63) is 30.0 Å². The summed E-state index contributed by atoms with van der Waals surface area (Å²) in [6.07, 6.45) is 5.05. The third-order valence-electron chi connectivity index (χ3n) is 5.12. The number of nitrogen functional groups attached to an aromatic ring is 1. The average Bonchev–Trinajstić information content (AvgIpc) is 2.91. The first-order chi connectivity index (χ1) is 12.2. The van der Waals surface area contributed by atoms with E-state index in [1.54, 1.807) is 0 Å². The largest absolute Gasteiger partial charge is 0.444 e. The van der Waals surface area contributed by atoms with Crippen LogP contribution in [0.4, 0.5) is 10.7 Å². The van der Waals surface area contributed by atoms with Gasteiger partial charge in [0.2, 0.25) is 5.95 Å². The highest BCUT2D eigenvalue weighted by Gasteiger charge is 2.46. The molecule has 7 nitrogen and oxygen atoms in total. The first-order valence-corrected chi connectivity index (χ1v) is 9.03. The molecule has 0 saturated carbocycles. The predicted octanol–water partition coefficient (Wildman–Crippen LogP) is 3.12. The fourth-order valence-corrected chi connectivity index (χ4v) is 3.85. The number of carbonyl (C=O) groups excluding carboxylic acids is 1. The zero-order valence-electron chi connectivity index (χ0n) is 15.5. The van der Waals surface area contributed by atoms with Crippen LogP contribution in [-0.4, -0.2) is 44.3 Å². The lowest BCUT2D eigenvalue weighted by atomic mass is 9.69. The molecule has 0 atom stereocenters. The van der Waals surface area contributed by atoms with E-state index in [2.05, 4.69) is 22.2 Å². The molecule has 138 valence electrons. The van der Waals surface area contributed by atoms with Crippen molar-refractivity contribution in [1.29, 1.82) is 0 Å². The minimum atomic E-state index is -0.447. The summed E-state index contributed by atoms with van der Waals surface area (Å²) in [5, 5.41) is 4.30. The minimum absolute atomic E-state index is 0.190. The topological polar surface area (TPSA) is 85.8 Å². The molecule has 3 heterocycles. The number of allylic oxidation sites excluding steroid dienone is 2. The van der Waals surface area contributed by atoms with Crippen molar-refractivity contribution in [2.45, 2.75) is 45.6 Å². The van der Waals surface area contributed by atoms with E-state index in [1.807, 2.05) is 42.3 Å². The quantitative estimate of drug-likeness (QED) is 0.849. The van der Waals surface area contributed by atoms with Gasteiger partial charge in [0.1, 0.15) is 5.60 Å². The van der Waals surface area contributed by atoms with Gasteiger partial charge in [-0.25, -0.2) is 9.31 Å². The number of likely N-dealkylation sites (tertiary alicyclic amines) is 1. The van der Waals surface area contributed by atoms with E-state index >= 15 is 0 Å². The van der Waals surface area contributed by atoms with Crippen LogP contribution >= 0.6 is 0 Å². The number of aromatic nitrogens is 3. The van der Waals surface area contributed by atoms with Gasteiger partial charge in [-0.05, 0) is 57.7 Å². The molecule has 0 aromatic carbocycles. The first-order valence-electron chi connectivity index (χ1n) is 9.03. The average molecular weight is 355 g/mol. The Labute approximate surface area is 152 Å². The van der Waals surface area contributed by atoms with Crippen molar-refractivity contribution in [3.63, 3.8) is 0 Å². The zero-order chi connectivity index (χ0) is 18.5. The summed E-state index contributed by atoms with van der Waals surface area (Å²) < 4.78 is 7.27. The van der Waals surface area contributed by atoms with Gasteiger partial charge in [-0.3, -0.25) is 0 Å². The van der Waals surface area contributed by atoms with Crippen LogP contribution in [0.2, 0.25) is 0 Å². The molecule has 0 radical (unpaired) electrons. The number of rotatable bonds is 1. The van der Waals surface area contributed by atoms with Crippen LogP contribution in [0.1, 0.15) is 45.7 Å². The monoisotopic (exact) mass is 355 g/mol. The van der Waals surface area contributed by atoms with Gasteiger partial charge in [0.15, 0.2) is 5.65 Å². The molecule has 0 bridgehead atoms. The van der Waals surface area contributed by atoms with Gasteiger partial charge in [0, 0.05) is 18.5 Å². The van der Waals surface area contributed by atoms with E-state index in [0.29, 0.717) is 0 Å². The van der Waals surface area contributed by atoms with Gasteiger partial charge in [0.05, 0.1) is 5.69 Å². The number of pyridine rings is 1. The molecule has 2 aromatic heterocycles. The molecule has 1 amide bonds. The second-order valence-corrected chi connectivity index (χ2v) is 8.42. The standard InChI is InChI=1S/C19H25N5O2/c1-18(2,3)26-17(25)23-11-19(12-23)9-7-13(8-10-19)14-5-4-6-15-21-16(20)22-24(14)15/h4-7H,8-12H2,1-3H3,(H2,20,22). The lowest BCUT2D eigenvalue weighted by Crippen LogP contribution is -2.59. The fraction of sp³-hybridized carbons (Fsp3) is 0.526. The first kappa shape index (κ1) is 16.9. The Bertz CT molecular complexity index is 887. The SMILES string of the molecule is CC(C)(C)OC(=O)N1CC2(CC=C(c3cccc4nc(N)nn34)CC2)C1. The Kier molecular flexibility index (Phi) is 3.71. The summed E-state index contributed by atoms with van der Waals surface area (Å²) in [6.45, 7) is 7.23. The summed E-state index contributed by atoms with van der Waals surface area (Å²) in [4.78, 5) is 18.2. The Morgan fingerprint density at radius 1 is 1.31 bits per heavy atom. The van der Waals surface area contributed by atoms with Gasteiger partial charge in [-0.15, -0.1) is 5.10 Å². The van der Waals surface area contributed by atoms with Crippen molar-refractivity contribution in [3.8, 4) is 0 Å². The van der Waals surface area contributed by atoms with E-state index in [-0.39, 0.29) is 17.5 Å². The van der Waals surface area contributed by atoms with E-state index in [9.17, 15) is 4.79 Å². The molecule has 1 aliphatic carbocycles. The second-order valence-electron chi connectivity index (χ2n) is 8.42. The van der Waals surface area contributed by atoms with Gasteiger partial charge in [-0.2, -0.15) is 4.98 Å². The molecule has 7 heteroatoms. The lowest BCUT2D eigenvalue weighted by Gasteiger charge is -2.51. The molecule has 1 fully saturated rings. The number of hydrogen-bond donors (Lipinski definition) is 1. The minimum Gasteiger partial charge on any atom is -0.444 e. The van der Waals surface area contributed by atoms with Crippen LogP contribution in [0, 0.1) is 5.41 Å². The second kappa shape index (κ2) is 5.72. The maximum absolute atomic E-state index is 12.2. The van der Waals surface area contributed by atoms with E-state index in [0.717, 1.165) is 43.7 Å². The predicted molar refractivity (Wildman–Crippen MR) is 99.5 cm³/mol. The lowest BCUT2D eigenvalue weighted by molar-refractivity contribution is -0.0371. The highest BCUT2D eigenvalue weighted by atomic mass is 16.6. The summed E-state index contributed by atoms with van der Waals surface area (Å²) >= 11 is 0. The molecule has 1 saturated heterocycles. The molecule has 1 aliphatic heterocycles. The van der Waals surface area contributed by atoms with Gasteiger partial charge in [0.25, 0.3) is 0 Å². The van der Waals surface area contributed by atoms with Gasteiger partial charge in [-0.1, -0.05) is 12.1 Å². The number of carbonyl (C=O) groups is 1.